The predicted molar refractivity (Wildman–Crippen MR) is 145 cm³/mol. The lowest BCUT2D eigenvalue weighted by Gasteiger charge is -2.30. The van der Waals surface area contributed by atoms with E-state index >= 15 is 0 Å². The van der Waals surface area contributed by atoms with E-state index in [1.165, 1.54) is 18.5 Å². The maximum atomic E-state index is 13.9. The Bertz CT molecular complexity index is 1570. The number of halogens is 3. The van der Waals surface area contributed by atoms with Crippen LogP contribution in [0, 0.1) is 0 Å². The molecule has 0 spiro atoms. The SMILES string of the molecule is CN1CCC(Oc2ccc(NC(=O)N3CCc4ccc(Oc5ncnn6cccc56)cc4C3)cc2C(F)(F)F)CC1. The van der Waals surface area contributed by atoms with Crippen molar-refractivity contribution in [2.45, 2.75) is 38.1 Å². The summed E-state index contributed by atoms with van der Waals surface area (Å²) < 4.78 is 55.2. The zero-order chi connectivity index (χ0) is 28.6. The van der Waals surface area contributed by atoms with Crippen LogP contribution in [0.2, 0.25) is 0 Å². The number of hydrogen-bond acceptors (Lipinski definition) is 6. The van der Waals surface area contributed by atoms with E-state index in [9.17, 15) is 18.0 Å². The van der Waals surface area contributed by atoms with Crippen molar-refractivity contribution >= 4 is 17.2 Å². The minimum absolute atomic E-state index is 0.0564. The molecule has 0 saturated carbocycles. The number of nitrogens with one attached hydrogen (secondary N) is 1. The number of aromatic nitrogens is 3. The van der Waals surface area contributed by atoms with Gasteiger partial charge in [0.15, 0.2) is 0 Å². The first-order chi connectivity index (χ1) is 19.7. The van der Waals surface area contributed by atoms with Crippen molar-refractivity contribution in [2.24, 2.45) is 0 Å². The van der Waals surface area contributed by atoms with Gasteiger partial charge in [0, 0.05) is 38.1 Å². The summed E-state index contributed by atoms with van der Waals surface area (Å²) >= 11 is 0. The zero-order valence-corrected chi connectivity index (χ0v) is 22.4. The van der Waals surface area contributed by atoms with Gasteiger partial charge in [0.1, 0.15) is 29.4 Å². The second-order valence-electron chi connectivity index (χ2n) is 10.4. The standard InChI is InChI=1S/C29H29F3N6O3/c1-36-12-9-22(10-13-36)40-26-7-5-21(16-24(26)29(30,31)32)35-28(39)37-14-8-19-4-6-23(15-20(19)17-37)41-27-25-3-2-11-38(25)34-18-33-27/h2-7,11,15-16,18,22H,8-10,12-14,17H2,1H3,(H,35,39). The Hall–Kier alpha value is -4.32. The third-order valence-corrected chi connectivity index (χ3v) is 7.49. The number of likely N-dealkylation sites (tertiary alicyclic amines) is 1. The lowest BCUT2D eigenvalue weighted by molar-refractivity contribution is -0.139. The molecular formula is C29H29F3N6O3. The fourth-order valence-electron chi connectivity index (χ4n) is 5.22. The zero-order valence-electron chi connectivity index (χ0n) is 22.4. The molecule has 0 atom stereocenters. The normalized spacial score (nSPS) is 16.4. The van der Waals surface area contributed by atoms with Crippen molar-refractivity contribution in [2.75, 3.05) is 32.0 Å². The number of rotatable bonds is 5. The van der Waals surface area contributed by atoms with Crippen LogP contribution in [0.15, 0.2) is 61.1 Å². The van der Waals surface area contributed by atoms with E-state index < -0.39 is 17.8 Å². The highest BCUT2D eigenvalue weighted by Crippen LogP contribution is 2.39. The van der Waals surface area contributed by atoms with Crippen molar-refractivity contribution in [3.63, 3.8) is 0 Å². The molecule has 2 aromatic carbocycles. The van der Waals surface area contributed by atoms with E-state index in [0.29, 0.717) is 43.0 Å². The second kappa shape index (κ2) is 10.9. The largest absolute Gasteiger partial charge is 0.490 e. The average molecular weight is 567 g/mol. The molecule has 41 heavy (non-hydrogen) atoms. The molecule has 0 radical (unpaired) electrons. The third-order valence-electron chi connectivity index (χ3n) is 7.49. The summed E-state index contributed by atoms with van der Waals surface area (Å²) in [5, 5.41) is 6.77. The molecule has 0 aliphatic carbocycles. The number of amides is 2. The number of benzene rings is 2. The summed E-state index contributed by atoms with van der Waals surface area (Å²) in [7, 11) is 1.98. The van der Waals surface area contributed by atoms with Crippen molar-refractivity contribution in [1.82, 2.24) is 24.4 Å². The minimum Gasteiger partial charge on any atom is -0.490 e. The summed E-state index contributed by atoms with van der Waals surface area (Å²) in [6.45, 7) is 2.25. The Morgan fingerprint density at radius 2 is 1.88 bits per heavy atom. The molecule has 9 nitrogen and oxygen atoms in total. The number of hydrogen-bond donors (Lipinski definition) is 1. The fraction of sp³-hybridized carbons (Fsp3) is 0.345. The van der Waals surface area contributed by atoms with Gasteiger partial charge in [-0.25, -0.2) is 9.31 Å². The number of alkyl halides is 3. The van der Waals surface area contributed by atoms with Gasteiger partial charge in [-0.15, -0.1) is 0 Å². The Kier molecular flexibility index (Phi) is 7.16. The first-order valence-corrected chi connectivity index (χ1v) is 13.4. The van der Waals surface area contributed by atoms with Crippen LogP contribution in [0.1, 0.15) is 29.5 Å². The van der Waals surface area contributed by atoms with E-state index in [1.807, 2.05) is 37.4 Å². The Morgan fingerprint density at radius 1 is 1.05 bits per heavy atom. The lowest BCUT2D eigenvalue weighted by Crippen LogP contribution is -2.39. The Labute approximate surface area is 234 Å². The first kappa shape index (κ1) is 26.9. The maximum absolute atomic E-state index is 13.9. The van der Waals surface area contributed by atoms with Crippen LogP contribution >= 0.6 is 0 Å². The van der Waals surface area contributed by atoms with Gasteiger partial charge in [-0.05, 0) is 79.9 Å². The van der Waals surface area contributed by atoms with Crippen LogP contribution < -0.4 is 14.8 Å². The smallest absolute Gasteiger partial charge is 0.420 e. The molecule has 1 saturated heterocycles. The monoisotopic (exact) mass is 566 g/mol. The minimum atomic E-state index is -4.63. The summed E-state index contributed by atoms with van der Waals surface area (Å²) in [5.41, 5.74) is 1.84. The predicted octanol–water partition coefficient (Wildman–Crippen LogP) is 5.60. The van der Waals surface area contributed by atoms with E-state index in [0.717, 1.165) is 30.3 Å². The number of nitrogens with zero attached hydrogens (tertiary/aromatic N) is 5. The van der Waals surface area contributed by atoms with Crippen molar-refractivity contribution in [3.05, 3.63) is 77.7 Å². The molecule has 12 heteroatoms. The second-order valence-corrected chi connectivity index (χ2v) is 10.4. The summed E-state index contributed by atoms with van der Waals surface area (Å²) in [6.07, 6.45) is 0.218. The lowest BCUT2D eigenvalue weighted by atomic mass is 10.00. The number of carbonyl (C=O) groups is 1. The van der Waals surface area contributed by atoms with Crippen LogP contribution in [0.25, 0.3) is 5.52 Å². The van der Waals surface area contributed by atoms with Gasteiger partial charge < -0.3 is 24.6 Å². The topological polar surface area (TPSA) is 84.2 Å². The molecule has 2 aliphatic rings. The number of ether oxygens (including phenoxy) is 2. The summed E-state index contributed by atoms with van der Waals surface area (Å²) in [5.74, 6) is 0.743. The molecule has 1 N–H and O–H groups in total. The van der Waals surface area contributed by atoms with Crippen LogP contribution in [-0.2, 0) is 19.1 Å². The quantitative estimate of drug-likeness (QED) is 0.339. The van der Waals surface area contributed by atoms with Crippen LogP contribution in [-0.4, -0.2) is 63.2 Å². The molecule has 6 rings (SSSR count). The van der Waals surface area contributed by atoms with Gasteiger partial charge in [0.2, 0.25) is 5.88 Å². The first-order valence-electron chi connectivity index (χ1n) is 13.4. The molecule has 0 unspecified atom stereocenters. The molecule has 2 aromatic heterocycles. The molecular weight excluding hydrogens is 537 g/mol. The molecule has 2 aliphatic heterocycles. The molecule has 4 heterocycles. The van der Waals surface area contributed by atoms with E-state index in [2.05, 4.69) is 20.3 Å². The van der Waals surface area contributed by atoms with E-state index in [4.69, 9.17) is 9.47 Å². The van der Waals surface area contributed by atoms with Gasteiger partial charge in [-0.2, -0.15) is 23.3 Å². The highest BCUT2D eigenvalue weighted by Gasteiger charge is 2.36. The highest BCUT2D eigenvalue weighted by molar-refractivity contribution is 5.89. The summed E-state index contributed by atoms with van der Waals surface area (Å²) in [4.78, 5) is 21.0. The Balaban J connectivity index is 1.14. The molecule has 1 fully saturated rings. The van der Waals surface area contributed by atoms with E-state index in [-0.39, 0.29) is 24.1 Å². The summed E-state index contributed by atoms with van der Waals surface area (Å²) in [6, 6.07) is 12.5. The van der Waals surface area contributed by atoms with E-state index in [1.54, 1.807) is 15.6 Å². The van der Waals surface area contributed by atoms with Gasteiger partial charge >= 0.3 is 12.2 Å². The number of anilines is 1. The van der Waals surface area contributed by atoms with Gasteiger partial charge in [-0.1, -0.05) is 6.07 Å². The molecule has 4 aromatic rings. The number of carbonyl (C=O) groups excluding carboxylic acids is 1. The Morgan fingerprint density at radius 3 is 2.68 bits per heavy atom. The van der Waals surface area contributed by atoms with Gasteiger partial charge in [-0.3, -0.25) is 0 Å². The number of urea groups is 1. The fourth-order valence-corrected chi connectivity index (χ4v) is 5.22. The van der Waals surface area contributed by atoms with Crippen molar-refractivity contribution < 1.29 is 27.4 Å². The van der Waals surface area contributed by atoms with Crippen LogP contribution in [0.5, 0.6) is 17.4 Å². The average Bonchev–Trinajstić information content (AvgIpc) is 3.44. The van der Waals surface area contributed by atoms with Crippen LogP contribution in [0.4, 0.5) is 23.7 Å². The van der Waals surface area contributed by atoms with Crippen molar-refractivity contribution in [1.29, 1.82) is 0 Å². The molecule has 2 amide bonds. The molecule has 214 valence electrons. The van der Waals surface area contributed by atoms with Gasteiger partial charge in [0.05, 0.1) is 5.56 Å². The number of fused-ring (bicyclic) bond motifs is 2. The third kappa shape index (κ3) is 5.92. The van der Waals surface area contributed by atoms with Crippen LogP contribution in [0.3, 0.4) is 0 Å². The van der Waals surface area contributed by atoms with Crippen molar-refractivity contribution in [3.8, 4) is 17.4 Å². The maximum Gasteiger partial charge on any atom is 0.420 e. The number of piperidine rings is 1. The van der Waals surface area contributed by atoms with Gasteiger partial charge in [0.25, 0.3) is 0 Å². The molecule has 0 bridgehead atoms. The highest BCUT2D eigenvalue weighted by atomic mass is 19.4.